The summed E-state index contributed by atoms with van der Waals surface area (Å²) in [5.41, 5.74) is 0. The highest BCUT2D eigenvalue weighted by Crippen LogP contribution is 2.33. The first-order chi connectivity index (χ1) is 44.8. The molecule has 12 amide bonds. The number of carbonyl (C=O) groups is 12. The van der Waals surface area contributed by atoms with Gasteiger partial charge in [0, 0.05) is 55.4 Å². The summed E-state index contributed by atoms with van der Waals surface area (Å²) < 4.78 is 15.4. The maximum absolute atomic E-state index is 15.4. The van der Waals surface area contributed by atoms with Crippen molar-refractivity contribution in [2.24, 2.45) is 35.5 Å². The summed E-state index contributed by atoms with van der Waals surface area (Å²) in [7, 11) is 8.36. The summed E-state index contributed by atoms with van der Waals surface area (Å²) in [6.07, 6.45) is 1.92. The highest BCUT2D eigenvalue weighted by molar-refractivity contribution is 6.00. The van der Waals surface area contributed by atoms with Crippen LogP contribution in [0.5, 0.6) is 0 Å². The van der Waals surface area contributed by atoms with Crippen LogP contribution in [0.25, 0.3) is 0 Å². The van der Waals surface area contributed by atoms with Crippen molar-refractivity contribution < 1.29 is 72.1 Å². The van der Waals surface area contributed by atoms with E-state index in [-0.39, 0.29) is 68.6 Å². The number of piperidine rings is 1. The van der Waals surface area contributed by atoms with Crippen LogP contribution in [0.4, 0.5) is 4.39 Å². The molecule has 96 heavy (non-hydrogen) atoms. The molecule has 0 radical (unpaired) electrons. The molecule has 2 saturated carbocycles. The number of likely N-dealkylation sites (tertiary alicyclic amines) is 1. The number of alkyl halides is 1. The summed E-state index contributed by atoms with van der Waals surface area (Å²) >= 11 is 0. The molecule has 2 aliphatic carbocycles. The topological polar surface area (TPSA) is 328 Å². The number of amides is 12. The summed E-state index contributed by atoms with van der Waals surface area (Å²) in [5, 5.41) is 35.2. The van der Waals surface area contributed by atoms with Crippen molar-refractivity contribution in [1.29, 1.82) is 0 Å². The summed E-state index contributed by atoms with van der Waals surface area (Å²) in [6, 6.07) is -14.8. The van der Waals surface area contributed by atoms with Crippen molar-refractivity contribution >= 4 is 70.9 Å². The number of carbonyl (C=O) groups excluding carboxylic acids is 12. The molecule has 2 heterocycles. The minimum absolute atomic E-state index is 0.0217. The zero-order valence-corrected chi connectivity index (χ0v) is 60.8. The van der Waals surface area contributed by atoms with Gasteiger partial charge in [0.2, 0.25) is 70.9 Å². The minimum Gasteiger partial charge on any atom is -0.391 e. The van der Waals surface area contributed by atoms with Crippen LogP contribution in [0.1, 0.15) is 192 Å². The van der Waals surface area contributed by atoms with E-state index in [1.807, 2.05) is 41.5 Å². The molecule has 7 N–H and O–H groups in total. The average Bonchev–Trinajstić information content (AvgIpc) is 0.829. The number of rotatable bonds is 13. The minimum atomic E-state index is -1.75. The maximum Gasteiger partial charge on any atom is 0.245 e. The van der Waals surface area contributed by atoms with E-state index in [4.69, 9.17) is 0 Å². The highest BCUT2D eigenvalue weighted by Gasteiger charge is 2.45. The van der Waals surface area contributed by atoms with Gasteiger partial charge in [-0.1, -0.05) is 87.5 Å². The third-order valence-corrected chi connectivity index (χ3v) is 20.2. The van der Waals surface area contributed by atoms with Crippen molar-refractivity contribution in [3.05, 3.63) is 0 Å². The van der Waals surface area contributed by atoms with Gasteiger partial charge in [0.25, 0.3) is 0 Å². The molecular formula is C69H119FN12O14. The summed E-state index contributed by atoms with van der Waals surface area (Å²) in [6.45, 7) is 20.6. The fraction of sp³-hybridized carbons (Fsp3) is 0.826. The fourth-order valence-electron chi connectivity index (χ4n) is 13.6. The second kappa shape index (κ2) is 37.4. The predicted molar refractivity (Wildman–Crippen MR) is 360 cm³/mol. The first kappa shape index (κ1) is 81.9. The van der Waals surface area contributed by atoms with Gasteiger partial charge in [0.1, 0.15) is 72.6 Å². The lowest BCUT2D eigenvalue weighted by atomic mass is 9.81. The molecule has 546 valence electrons. The Kier molecular flexibility index (Phi) is 32.0. The third-order valence-electron chi connectivity index (χ3n) is 20.2. The Morgan fingerprint density at radius 1 is 0.469 bits per heavy atom. The number of likely N-dealkylation sites (N-methyl/N-ethyl adjacent to an activating group) is 6. The Morgan fingerprint density at radius 3 is 1.49 bits per heavy atom. The second-order valence-corrected chi connectivity index (χ2v) is 29.7. The molecule has 4 rings (SSSR count). The van der Waals surface area contributed by atoms with E-state index < -0.39 is 174 Å². The molecule has 27 heteroatoms. The van der Waals surface area contributed by atoms with E-state index >= 15 is 23.6 Å². The SMILES string of the molecule is CC(C)C[C@@H]1NC(=O)[C@H](CC(C)C)N(C)C(=O)[C@H](C)N(C)C(=O)[C@@H](C(C)C)NC(=O)C[C@@H](C(=O)N2CCCCC2)NC(=O)[C@H]([C@@H](C)O)NC(=O)[C@H](C)N(C)C(=O)[C@H](C)N(C)C(=O)[C@H](CC(C)C)N(C)C(=O)[C@H](CC2CCC(O)C(F)C2)NC(=O)[C@H](CC2CCCCC2)N(C)C1=O. The molecule has 0 aromatic rings. The molecule has 0 bridgehead atoms. The van der Waals surface area contributed by atoms with Crippen LogP contribution in [0.15, 0.2) is 0 Å². The van der Waals surface area contributed by atoms with E-state index in [9.17, 15) is 48.6 Å². The van der Waals surface area contributed by atoms with E-state index in [0.717, 1.165) is 53.2 Å². The molecule has 4 aliphatic rings. The van der Waals surface area contributed by atoms with Gasteiger partial charge in [-0.15, -0.1) is 0 Å². The van der Waals surface area contributed by atoms with Gasteiger partial charge in [-0.2, -0.15) is 0 Å². The predicted octanol–water partition coefficient (Wildman–Crippen LogP) is 2.88. The van der Waals surface area contributed by atoms with Gasteiger partial charge in [0.05, 0.1) is 18.6 Å². The van der Waals surface area contributed by atoms with E-state index in [1.54, 1.807) is 13.8 Å². The average molecular weight is 1360 g/mol. The lowest BCUT2D eigenvalue weighted by Gasteiger charge is -2.39. The van der Waals surface area contributed by atoms with Gasteiger partial charge in [-0.25, -0.2) is 4.39 Å². The van der Waals surface area contributed by atoms with Crippen LogP contribution in [0, 0.1) is 35.5 Å². The number of hydrogen-bond acceptors (Lipinski definition) is 14. The van der Waals surface area contributed by atoms with Gasteiger partial charge in [0.15, 0.2) is 0 Å². The lowest BCUT2D eigenvalue weighted by molar-refractivity contribution is -0.152. The van der Waals surface area contributed by atoms with E-state index in [2.05, 4.69) is 26.6 Å². The van der Waals surface area contributed by atoms with Gasteiger partial charge < -0.3 is 71.1 Å². The fourth-order valence-corrected chi connectivity index (χ4v) is 13.6. The molecule has 0 spiro atoms. The monoisotopic (exact) mass is 1360 g/mol. The largest absolute Gasteiger partial charge is 0.391 e. The van der Waals surface area contributed by atoms with Gasteiger partial charge in [-0.3, -0.25) is 57.5 Å². The molecule has 26 nitrogen and oxygen atoms in total. The van der Waals surface area contributed by atoms with Crippen LogP contribution in [-0.2, 0) is 57.5 Å². The maximum atomic E-state index is 15.4. The Bertz CT molecular complexity index is 2690. The van der Waals surface area contributed by atoms with Crippen molar-refractivity contribution in [2.75, 3.05) is 55.4 Å². The number of hydrogen-bond donors (Lipinski definition) is 7. The first-order valence-electron chi connectivity index (χ1n) is 35.2. The highest BCUT2D eigenvalue weighted by atomic mass is 19.1. The Hall–Kier alpha value is -6.51. The zero-order valence-electron chi connectivity index (χ0n) is 60.8. The van der Waals surface area contributed by atoms with Crippen LogP contribution in [0.2, 0.25) is 0 Å². The quantitative estimate of drug-likeness (QED) is 0.140. The molecule has 3 unspecified atom stereocenters. The molecule has 0 aromatic carbocycles. The molecule has 15 atom stereocenters. The molecule has 2 saturated heterocycles. The smallest absolute Gasteiger partial charge is 0.245 e. The second-order valence-electron chi connectivity index (χ2n) is 29.7. The Labute approximate surface area is 569 Å². The van der Waals surface area contributed by atoms with Crippen LogP contribution in [0.3, 0.4) is 0 Å². The zero-order chi connectivity index (χ0) is 72.5. The number of nitrogens with zero attached hydrogens (tertiary/aromatic N) is 7. The van der Waals surface area contributed by atoms with Crippen LogP contribution >= 0.6 is 0 Å². The Balaban J connectivity index is 1.92. The standard InChI is InChI=1S/C69H119FN12O14/c1-38(2)31-49-65(92)80(17)53(36-46-25-21-19-22-26-46)61(88)72-50(35-47-27-28-55(84)48(70)34-47)66(93)81(18)54(33-40(5)6)68(95)77(14)43(10)63(90)76(13)42(9)59(86)75-58(45(12)83)62(89)73-51(67(94)82-29-23-20-24-30-82)37-56(85)74-57(41(7)8)69(96)78(15)44(11)64(91)79(16)52(32-39(3)4)60(87)71-49/h38-55,57-58,83-84H,19-37H2,1-18H3,(H,71,87)(H,72,88)(H,73,89)(H,74,85)(H,75,86)/t42-,43-,44-,45+,47?,48?,49-,50-,51-,52-,53-,54-,55?,57+,58-/m0/s1. The van der Waals surface area contributed by atoms with Crippen LogP contribution in [-0.4, -0.2) is 256 Å². The molecule has 2 aliphatic heterocycles. The van der Waals surface area contributed by atoms with Crippen molar-refractivity contribution in [3.8, 4) is 0 Å². The van der Waals surface area contributed by atoms with E-state index in [0.29, 0.717) is 32.4 Å². The van der Waals surface area contributed by atoms with Crippen molar-refractivity contribution in [3.63, 3.8) is 0 Å². The van der Waals surface area contributed by atoms with Crippen molar-refractivity contribution in [1.82, 2.24) is 60.9 Å². The number of nitrogens with one attached hydrogen (secondary N) is 5. The number of aliphatic hydroxyl groups excluding tert-OH is 2. The van der Waals surface area contributed by atoms with E-state index in [1.165, 1.54) is 89.6 Å². The number of halogens is 1. The molecule has 0 aromatic heterocycles. The summed E-state index contributed by atoms with van der Waals surface area (Å²) in [5.74, 6) is -10.7. The normalized spacial score (nSPS) is 30.8. The van der Waals surface area contributed by atoms with Gasteiger partial charge in [-0.05, 0) is 134 Å². The third kappa shape index (κ3) is 22.5. The Morgan fingerprint density at radius 2 is 0.948 bits per heavy atom. The van der Waals surface area contributed by atoms with Crippen molar-refractivity contribution in [2.45, 2.75) is 277 Å². The number of aliphatic hydroxyl groups is 2. The molecule has 4 fully saturated rings. The summed E-state index contributed by atoms with van der Waals surface area (Å²) in [4.78, 5) is 186. The lowest BCUT2D eigenvalue weighted by Crippen LogP contribution is -2.62. The van der Waals surface area contributed by atoms with Gasteiger partial charge >= 0.3 is 0 Å². The first-order valence-corrected chi connectivity index (χ1v) is 35.2. The molecular weight excluding hydrogens is 1240 g/mol. The van der Waals surface area contributed by atoms with Crippen LogP contribution < -0.4 is 26.6 Å².